The van der Waals surface area contributed by atoms with Crippen LogP contribution in [0.5, 0.6) is 0 Å². The van der Waals surface area contributed by atoms with Crippen LogP contribution in [0.1, 0.15) is 31.2 Å². The molecule has 2 aliphatic heterocycles. The van der Waals surface area contributed by atoms with Gasteiger partial charge in [0.25, 0.3) is 6.43 Å². The van der Waals surface area contributed by atoms with E-state index in [1.54, 1.807) is 24.3 Å². The lowest BCUT2D eigenvalue weighted by molar-refractivity contribution is 0.0930. The van der Waals surface area contributed by atoms with Crippen LogP contribution < -0.4 is 15.1 Å². The van der Waals surface area contributed by atoms with E-state index in [2.05, 4.69) is 46.4 Å². The van der Waals surface area contributed by atoms with Crippen LogP contribution in [-0.2, 0) is 16.0 Å². The summed E-state index contributed by atoms with van der Waals surface area (Å²) in [7, 11) is 0. The summed E-state index contributed by atoms with van der Waals surface area (Å²) >= 11 is 0. The topological polar surface area (TPSA) is 80.6 Å². The number of morpholine rings is 2. The van der Waals surface area contributed by atoms with Crippen molar-refractivity contribution in [1.82, 2.24) is 19.5 Å². The van der Waals surface area contributed by atoms with Crippen LogP contribution in [0.2, 0.25) is 0 Å². The van der Waals surface area contributed by atoms with Gasteiger partial charge in [0.15, 0.2) is 5.82 Å². The fraction of sp³-hybridized carbons (Fsp3) is 0.414. The van der Waals surface area contributed by atoms with Crippen LogP contribution >= 0.6 is 0 Å². The van der Waals surface area contributed by atoms with Crippen molar-refractivity contribution in [1.29, 1.82) is 0 Å². The number of alkyl halides is 2. The van der Waals surface area contributed by atoms with Crippen molar-refractivity contribution in [2.24, 2.45) is 0 Å². The van der Waals surface area contributed by atoms with Gasteiger partial charge in [-0.25, -0.2) is 13.8 Å². The highest BCUT2D eigenvalue weighted by molar-refractivity contribution is 5.78. The molecule has 0 bridgehead atoms. The average molecular weight is 550 g/mol. The fourth-order valence-corrected chi connectivity index (χ4v) is 5.29. The normalized spacial score (nSPS) is 18.1. The number of aromatic nitrogens is 4. The molecule has 4 aromatic rings. The van der Waals surface area contributed by atoms with Gasteiger partial charge in [0.05, 0.1) is 43.5 Å². The molecule has 0 amide bonds. The lowest BCUT2D eigenvalue weighted by atomic mass is 10.1. The zero-order chi connectivity index (χ0) is 27.5. The third-order valence-corrected chi connectivity index (χ3v) is 7.45. The van der Waals surface area contributed by atoms with E-state index in [9.17, 15) is 8.78 Å². The Labute approximate surface area is 231 Å². The third kappa shape index (κ3) is 5.44. The number of fused-ring (bicyclic) bond motifs is 1. The maximum absolute atomic E-state index is 14.1. The van der Waals surface area contributed by atoms with Gasteiger partial charge in [-0.15, -0.1) is 0 Å². The van der Waals surface area contributed by atoms with Crippen LogP contribution in [0, 0.1) is 0 Å². The summed E-state index contributed by atoms with van der Waals surface area (Å²) in [5.41, 5.74) is 3.33. The van der Waals surface area contributed by atoms with Crippen molar-refractivity contribution in [3.8, 4) is 5.82 Å². The minimum absolute atomic E-state index is 0.344. The second-order valence-electron chi connectivity index (χ2n) is 9.96. The lowest BCUT2D eigenvalue weighted by Crippen LogP contribution is -2.45. The Morgan fingerprint density at radius 2 is 1.73 bits per heavy atom. The number of nitrogens with one attached hydrogen (secondary N) is 1. The molecule has 0 spiro atoms. The Balaban J connectivity index is 1.30. The molecule has 0 unspecified atom stereocenters. The Hall–Kier alpha value is -3.83. The highest BCUT2D eigenvalue weighted by Crippen LogP contribution is 2.29. The number of nitrogens with zero attached hydrogens (tertiary/aromatic N) is 6. The minimum Gasteiger partial charge on any atom is -0.378 e. The van der Waals surface area contributed by atoms with Crippen LogP contribution in [0.15, 0.2) is 54.6 Å². The third-order valence-electron chi connectivity index (χ3n) is 7.45. The van der Waals surface area contributed by atoms with Crippen molar-refractivity contribution in [3.05, 3.63) is 66.0 Å². The zero-order valence-electron chi connectivity index (χ0n) is 22.5. The Kier molecular flexibility index (Phi) is 7.74. The predicted molar refractivity (Wildman–Crippen MR) is 151 cm³/mol. The number of hydrogen-bond acceptors (Lipinski definition) is 8. The second kappa shape index (κ2) is 11.7. The van der Waals surface area contributed by atoms with Gasteiger partial charge >= 0.3 is 0 Å². The number of imidazole rings is 1. The molecule has 11 heteroatoms. The van der Waals surface area contributed by atoms with Crippen molar-refractivity contribution in [2.45, 2.75) is 32.4 Å². The number of halogens is 2. The summed E-state index contributed by atoms with van der Waals surface area (Å²) in [6, 6.07) is 17.7. The van der Waals surface area contributed by atoms with E-state index in [0.29, 0.717) is 67.5 Å². The SMILES string of the molecule is CC[C@@H]1COCCN1c1ccc(CNc2cc(-n3c(C(F)F)nc4ccccc43)nc(N3CCOCC3)n2)cc1. The Morgan fingerprint density at radius 1 is 0.950 bits per heavy atom. The van der Waals surface area contributed by atoms with E-state index in [4.69, 9.17) is 19.4 Å². The maximum Gasteiger partial charge on any atom is 0.296 e. The monoisotopic (exact) mass is 549 g/mol. The predicted octanol–water partition coefficient (Wildman–Crippen LogP) is 4.82. The summed E-state index contributed by atoms with van der Waals surface area (Å²) < 4.78 is 40.8. The number of benzene rings is 2. The van der Waals surface area contributed by atoms with Gasteiger partial charge in [-0.2, -0.15) is 9.97 Å². The summed E-state index contributed by atoms with van der Waals surface area (Å²) in [5, 5.41) is 3.39. The first-order valence-corrected chi connectivity index (χ1v) is 13.8. The smallest absolute Gasteiger partial charge is 0.296 e. The van der Waals surface area contributed by atoms with Crippen molar-refractivity contribution in [2.75, 3.05) is 61.2 Å². The molecule has 2 aromatic heterocycles. The molecule has 9 nitrogen and oxygen atoms in total. The highest BCUT2D eigenvalue weighted by Gasteiger charge is 2.24. The Morgan fingerprint density at radius 3 is 2.50 bits per heavy atom. The number of hydrogen-bond donors (Lipinski definition) is 1. The molecule has 0 aliphatic carbocycles. The summed E-state index contributed by atoms with van der Waals surface area (Å²) in [4.78, 5) is 18.1. The quantitative estimate of drug-likeness (QED) is 0.335. The second-order valence-corrected chi connectivity index (χ2v) is 9.96. The van der Waals surface area contributed by atoms with E-state index in [1.807, 2.05) is 11.0 Å². The van der Waals surface area contributed by atoms with Crippen LogP contribution in [-0.4, -0.2) is 71.6 Å². The molecule has 1 atom stereocenters. The van der Waals surface area contributed by atoms with Crippen LogP contribution in [0.25, 0.3) is 16.9 Å². The van der Waals surface area contributed by atoms with Crippen molar-refractivity contribution in [3.63, 3.8) is 0 Å². The summed E-state index contributed by atoms with van der Waals surface area (Å²) in [6.45, 7) is 7.43. The summed E-state index contributed by atoms with van der Waals surface area (Å²) in [5.74, 6) is 1.02. The highest BCUT2D eigenvalue weighted by atomic mass is 19.3. The average Bonchev–Trinajstić information content (AvgIpc) is 3.41. The first-order valence-electron chi connectivity index (χ1n) is 13.8. The molecule has 40 heavy (non-hydrogen) atoms. The number of anilines is 3. The molecular weight excluding hydrogens is 516 g/mol. The molecular formula is C29H33F2N7O2. The van der Waals surface area contributed by atoms with Gasteiger partial charge in [-0.3, -0.25) is 4.57 Å². The molecule has 1 N–H and O–H groups in total. The van der Waals surface area contributed by atoms with Gasteiger partial charge in [0, 0.05) is 37.9 Å². The van der Waals surface area contributed by atoms with Crippen LogP contribution in [0.4, 0.5) is 26.2 Å². The minimum atomic E-state index is -2.76. The first kappa shape index (κ1) is 26.4. The van der Waals surface area contributed by atoms with Gasteiger partial charge in [-0.05, 0) is 36.2 Å². The van der Waals surface area contributed by atoms with Gasteiger partial charge in [0.2, 0.25) is 5.95 Å². The van der Waals surface area contributed by atoms with E-state index >= 15 is 0 Å². The molecule has 210 valence electrons. The summed E-state index contributed by atoms with van der Waals surface area (Å²) in [6.07, 6.45) is -1.73. The van der Waals surface area contributed by atoms with E-state index in [1.165, 1.54) is 10.3 Å². The van der Waals surface area contributed by atoms with E-state index < -0.39 is 6.43 Å². The molecule has 4 heterocycles. The van der Waals surface area contributed by atoms with Crippen molar-refractivity contribution < 1.29 is 18.3 Å². The first-order chi connectivity index (χ1) is 19.6. The number of rotatable bonds is 8. The van der Waals surface area contributed by atoms with Crippen LogP contribution in [0.3, 0.4) is 0 Å². The lowest BCUT2D eigenvalue weighted by Gasteiger charge is -2.37. The van der Waals surface area contributed by atoms with Gasteiger partial charge < -0.3 is 24.6 Å². The molecule has 2 aromatic carbocycles. The van der Waals surface area contributed by atoms with E-state index in [-0.39, 0.29) is 5.82 Å². The maximum atomic E-state index is 14.1. The molecule has 0 radical (unpaired) electrons. The van der Waals surface area contributed by atoms with Gasteiger partial charge in [-0.1, -0.05) is 31.2 Å². The molecule has 2 aliphatic rings. The zero-order valence-corrected chi connectivity index (χ0v) is 22.5. The molecule has 0 saturated carbocycles. The number of ether oxygens (including phenoxy) is 2. The Bertz CT molecular complexity index is 1440. The van der Waals surface area contributed by atoms with E-state index in [0.717, 1.165) is 31.7 Å². The number of para-hydroxylation sites is 2. The molecule has 2 fully saturated rings. The fourth-order valence-electron chi connectivity index (χ4n) is 5.29. The molecule has 2 saturated heterocycles. The molecule has 6 rings (SSSR count). The standard InChI is InChI=1S/C29H33F2N7O2/c1-2-21-19-40-16-13-37(21)22-9-7-20(8-10-22)18-32-25-17-26(35-29(34-25)36-11-14-39-15-12-36)38-24-6-4-3-5-23(24)33-28(38)27(30)31/h3-10,17,21,27H,2,11-16,18-19H2,1H3,(H,32,34,35)/t21-/m1/s1. The van der Waals surface area contributed by atoms with Gasteiger partial charge in [0.1, 0.15) is 11.6 Å². The largest absolute Gasteiger partial charge is 0.378 e. The van der Waals surface area contributed by atoms with Crippen molar-refractivity contribution >= 4 is 28.5 Å².